The molecule has 2 amide bonds. The lowest BCUT2D eigenvalue weighted by atomic mass is 9.88. The van der Waals surface area contributed by atoms with E-state index < -0.39 is 11.6 Å². The monoisotopic (exact) mass is 289 g/mol. The van der Waals surface area contributed by atoms with Gasteiger partial charge in [-0.25, -0.2) is 0 Å². The summed E-state index contributed by atoms with van der Waals surface area (Å²) < 4.78 is 0. The molecular formula is C16H23N3O2. The number of piperazine rings is 1. The maximum atomic E-state index is 12.8. The van der Waals surface area contributed by atoms with Gasteiger partial charge in [-0.1, -0.05) is 20.8 Å². The van der Waals surface area contributed by atoms with Crippen molar-refractivity contribution in [1.82, 2.24) is 15.2 Å². The Morgan fingerprint density at radius 1 is 1.33 bits per heavy atom. The summed E-state index contributed by atoms with van der Waals surface area (Å²) in [5.74, 6) is -0.0136. The second kappa shape index (κ2) is 5.84. The lowest BCUT2D eigenvalue weighted by molar-refractivity contribution is -0.157. The van der Waals surface area contributed by atoms with Gasteiger partial charge in [-0.15, -0.1) is 0 Å². The van der Waals surface area contributed by atoms with Crippen LogP contribution < -0.4 is 5.32 Å². The smallest absolute Gasteiger partial charge is 0.249 e. The number of amides is 2. The molecule has 0 bridgehead atoms. The van der Waals surface area contributed by atoms with E-state index in [2.05, 4.69) is 10.3 Å². The van der Waals surface area contributed by atoms with Gasteiger partial charge >= 0.3 is 0 Å². The van der Waals surface area contributed by atoms with E-state index in [1.54, 1.807) is 24.2 Å². The summed E-state index contributed by atoms with van der Waals surface area (Å²) in [5, 5.41) is 2.90. The van der Waals surface area contributed by atoms with E-state index in [4.69, 9.17) is 0 Å². The Kier molecular flexibility index (Phi) is 4.30. The molecular weight excluding hydrogens is 266 g/mol. The highest BCUT2D eigenvalue weighted by Gasteiger charge is 2.47. The predicted molar refractivity (Wildman–Crippen MR) is 80.3 cm³/mol. The fourth-order valence-electron chi connectivity index (χ4n) is 2.74. The zero-order valence-corrected chi connectivity index (χ0v) is 13.1. The summed E-state index contributed by atoms with van der Waals surface area (Å²) in [6, 6.07) is 3.33. The highest BCUT2D eigenvalue weighted by atomic mass is 16.2. The number of nitrogens with zero attached hydrogens (tertiary/aromatic N) is 2. The third-order valence-electron chi connectivity index (χ3n) is 4.18. The number of hydrogen-bond acceptors (Lipinski definition) is 3. The summed E-state index contributed by atoms with van der Waals surface area (Å²) in [6.45, 7) is 8.08. The highest BCUT2D eigenvalue weighted by molar-refractivity contribution is 5.99. The average molecular weight is 289 g/mol. The molecule has 114 valence electrons. The number of aromatic nitrogens is 1. The van der Waals surface area contributed by atoms with Crippen molar-refractivity contribution >= 4 is 11.8 Å². The van der Waals surface area contributed by atoms with Gasteiger partial charge in [-0.05, 0) is 37.0 Å². The first kappa shape index (κ1) is 15.5. The minimum absolute atomic E-state index is 0.0138. The lowest BCUT2D eigenvalue weighted by Gasteiger charge is -2.45. The average Bonchev–Trinajstić information content (AvgIpc) is 2.45. The van der Waals surface area contributed by atoms with E-state index in [1.807, 2.05) is 32.9 Å². The third-order valence-corrected chi connectivity index (χ3v) is 4.18. The van der Waals surface area contributed by atoms with Gasteiger partial charge in [0.1, 0.15) is 11.6 Å². The molecule has 1 aliphatic heterocycles. The van der Waals surface area contributed by atoms with Gasteiger partial charge < -0.3 is 10.2 Å². The molecule has 5 heteroatoms. The van der Waals surface area contributed by atoms with Crippen molar-refractivity contribution in [2.24, 2.45) is 5.92 Å². The molecule has 2 heterocycles. The van der Waals surface area contributed by atoms with Crippen LogP contribution in [0.25, 0.3) is 0 Å². The molecule has 0 saturated carbocycles. The molecule has 1 aliphatic rings. The van der Waals surface area contributed by atoms with Gasteiger partial charge in [0, 0.05) is 18.9 Å². The second-order valence-corrected chi connectivity index (χ2v) is 6.15. The van der Waals surface area contributed by atoms with Gasteiger partial charge in [0.15, 0.2) is 0 Å². The van der Waals surface area contributed by atoms with Crippen LogP contribution in [-0.2, 0) is 16.1 Å². The lowest BCUT2D eigenvalue weighted by Crippen LogP contribution is -2.69. The van der Waals surface area contributed by atoms with Gasteiger partial charge in [-0.3, -0.25) is 14.6 Å². The first-order valence-corrected chi connectivity index (χ1v) is 7.41. The SMILES string of the molecule is CCC1(C)NC(=O)C(C(C)C)N(Cc2ccncc2)C1=O. The van der Waals surface area contributed by atoms with Crippen molar-refractivity contribution in [2.45, 2.75) is 52.2 Å². The molecule has 2 rings (SSSR count). The van der Waals surface area contributed by atoms with Crippen molar-refractivity contribution in [1.29, 1.82) is 0 Å². The number of carbonyl (C=O) groups is 2. The van der Waals surface area contributed by atoms with Gasteiger partial charge in [0.2, 0.25) is 11.8 Å². The van der Waals surface area contributed by atoms with Gasteiger partial charge in [0.25, 0.3) is 0 Å². The van der Waals surface area contributed by atoms with Gasteiger partial charge in [-0.2, -0.15) is 0 Å². The van der Waals surface area contributed by atoms with Crippen molar-refractivity contribution in [3.05, 3.63) is 30.1 Å². The molecule has 0 aromatic carbocycles. The molecule has 1 aromatic rings. The molecule has 1 aromatic heterocycles. The third kappa shape index (κ3) is 2.91. The highest BCUT2D eigenvalue weighted by Crippen LogP contribution is 2.26. The van der Waals surface area contributed by atoms with E-state index >= 15 is 0 Å². The van der Waals surface area contributed by atoms with Crippen LogP contribution in [-0.4, -0.2) is 33.3 Å². The normalized spacial score (nSPS) is 26.1. The zero-order valence-electron chi connectivity index (χ0n) is 13.1. The molecule has 0 aliphatic carbocycles. The Labute approximate surface area is 125 Å². The summed E-state index contributed by atoms with van der Waals surface area (Å²) in [7, 11) is 0. The summed E-state index contributed by atoms with van der Waals surface area (Å²) >= 11 is 0. The summed E-state index contributed by atoms with van der Waals surface area (Å²) in [4.78, 5) is 31.0. The van der Waals surface area contributed by atoms with Crippen LogP contribution in [0.2, 0.25) is 0 Å². The van der Waals surface area contributed by atoms with E-state index in [-0.39, 0.29) is 17.7 Å². The Bertz CT molecular complexity index is 530. The Hall–Kier alpha value is -1.91. The molecule has 1 saturated heterocycles. The largest absolute Gasteiger partial charge is 0.340 e. The standard InChI is InChI=1S/C16H23N3O2/c1-5-16(4)15(21)19(10-12-6-8-17-9-7-12)13(11(2)3)14(20)18-16/h6-9,11,13H,5,10H2,1-4H3,(H,18,20). The molecule has 1 N–H and O–H groups in total. The maximum Gasteiger partial charge on any atom is 0.249 e. The number of nitrogens with one attached hydrogen (secondary N) is 1. The van der Waals surface area contributed by atoms with E-state index in [0.717, 1.165) is 5.56 Å². The van der Waals surface area contributed by atoms with Gasteiger partial charge in [0.05, 0.1) is 0 Å². The van der Waals surface area contributed by atoms with Crippen LogP contribution in [0.5, 0.6) is 0 Å². The van der Waals surface area contributed by atoms with Crippen molar-refractivity contribution in [2.75, 3.05) is 0 Å². The van der Waals surface area contributed by atoms with Crippen LogP contribution in [0.3, 0.4) is 0 Å². The zero-order chi connectivity index (χ0) is 15.6. The van der Waals surface area contributed by atoms with Crippen LogP contribution in [0, 0.1) is 5.92 Å². The minimum atomic E-state index is -0.810. The molecule has 1 fully saturated rings. The number of pyridine rings is 1. The molecule has 0 spiro atoms. The Morgan fingerprint density at radius 3 is 2.48 bits per heavy atom. The second-order valence-electron chi connectivity index (χ2n) is 6.15. The number of carbonyl (C=O) groups excluding carboxylic acids is 2. The van der Waals surface area contributed by atoms with Crippen LogP contribution >= 0.6 is 0 Å². The van der Waals surface area contributed by atoms with E-state index in [9.17, 15) is 9.59 Å². The first-order valence-electron chi connectivity index (χ1n) is 7.41. The molecule has 21 heavy (non-hydrogen) atoms. The Morgan fingerprint density at radius 2 is 1.95 bits per heavy atom. The van der Waals surface area contributed by atoms with Crippen molar-refractivity contribution in [3.63, 3.8) is 0 Å². The molecule has 2 atom stereocenters. The van der Waals surface area contributed by atoms with E-state index in [1.165, 1.54) is 0 Å². The van der Waals surface area contributed by atoms with Crippen molar-refractivity contribution in [3.8, 4) is 0 Å². The van der Waals surface area contributed by atoms with Crippen LogP contribution in [0.4, 0.5) is 0 Å². The molecule has 0 radical (unpaired) electrons. The maximum absolute atomic E-state index is 12.8. The fourth-order valence-corrected chi connectivity index (χ4v) is 2.74. The van der Waals surface area contributed by atoms with Crippen LogP contribution in [0.15, 0.2) is 24.5 Å². The molecule has 2 unspecified atom stereocenters. The first-order chi connectivity index (χ1) is 9.89. The topological polar surface area (TPSA) is 62.3 Å². The summed E-state index contributed by atoms with van der Waals surface area (Å²) in [6.07, 6.45) is 3.98. The van der Waals surface area contributed by atoms with Crippen LogP contribution in [0.1, 0.15) is 39.7 Å². The number of rotatable bonds is 4. The molecule has 5 nitrogen and oxygen atoms in total. The summed E-state index contributed by atoms with van der Waals surface area (Å²) in [5.41, 5.74) is 0.173. The number of hydrogen-bond donors (Lipinski definition) is 1. The predicted octanol–water partition coefficient (Wildman–Crippen LogP) is 1.73. The van der Waals surface area contributed by atoms with E-state index in [0.29, 0.717) is 13.0 Å². The fraction of sp³-hybridized carbons (Fsp3) is 0.562. The van der Waals surface area contributed by atoms with Crippen molar-refractivity contribution < 1.29 is 9.59 Å². The Balaban J connectivity index is 2.35. The quantitative estimate of drug-likeness (QED) is 0.918. The minimum Gasteiger partial charge on any atom is -0.340 e.